The van der Waals surface area contributed by atoms with E-state index in [9.17, 15) is 0 Å². The molecule has 0 atom stereocenters. The van der Waals surface area contributed by atoms with Gasteiger partial charge in [-0.25, -0.2) is 0 Å². The van der Waals surface area contributed by atoms with Crippen molar-refractivity contribution in [2.75, 3.05) is 0 Å². The highest BCUT2D eigenvalue weighted by Gasteiger charge is 1.96. The number of phenols is 1. The van der Waals surface area contributed by atoms with Crippen LogP contribution in [0.15, 0.2) is 53.4 Å². The van der Waals surface area contributed by atoms with Gasteiger partial charge in [-0.3, -0.25) is 0 Å². The summed E-state index contributed by atoms with van der Waals surface area (Å²) in [4.78, 5) is 0.976. The Morgan fingerprint density at radius 2 is 1.27 bits per heavy atom. The van der Waals surface area contributed by atoms with Crippen LogP contribution in [0.4, 0.5) is 0 Å². The van der Waals surface area contributed by atoms with Gasteiger partial charge >= 0.3 is 0 Å². The highest BCUT2D eigenvalue weighted by molar-refractivity contribution is 7.80. The van der Waals surface area contributed by atoms with Crippen LogP contribution in [0.3, 0.4) is 0 Å². The van der Waals surface area contributed by atoms with E-state index < -0.39 is 0 Å². The molecule has 0 aliphatic heterocycles. The van der Waals surface area contributed by atoms with E-state index in [2.05, 4.69) is 24.8 Å². The van der Waals surface area contributed by atoms with E-state index in [0.717, 1.165) is 11.3 Å². The molecule has 0 bridgehead atoms. The number of phenolic OH excluding ortho intramolecular Hbond substituents is 1. The van der Waals surface area contributed by atoms with Gasteiger partial charge in [0.15, 0.2) is 0 Å². The van der Waals surface area contributed by atoms with Crippen LogP contribution in [-0.2, 0) is 6.42 Å². The minimum absolute atomic E-state index is 0.310. The van der Waals surface area contributed by atoms with E-state index >= 15 is 0 Å². The summed E-state index contributed by atoms with van der Waals surface area (Å²) in [5.41, 5.74) is 2.44. The van der Waals surface area contributed by atoms with Gasteiger partial charge in [0.25, 0.3) is 0 Å². The smallest absolute Gasteiger partial charge is 0.115 e. The summed E-state index contributed by atoms with van der Waals surface area (Å²) in [6, 6.07) is 15.4. The molecular formula is C13H12OS. The second-order valence-corrected chi connectivity index (χ2v) is 4.03. The number of hydrogen-bond acceptors (Lipinski definition) is 2. The molecule has 15 heavy (non-hydrogen) atoms. The molecule has 0 aliphatic carbocycles. The Morgan fingerprint density at radius 1 is 0.800 bits per heavy atom. The first-order valence-electron chi connectivity index (χ1n) is 4.80. The van der Waals surface area contributed by atoms with Gasteiger partial charge in [0.05, 0.1) is 0 Å². The van der Waals surface area contributed by atoms with Gasteiger partial charge in [-0.05, 0) is 41.8 Å². The molecule has 0 amide bonds. The Hall–Kier alpha value is -1.41. The quantitative estimate of drug-likeness (QED) is 0.738. The fourth-order valence-corrected chi connectivity index (χ4v) is 1.61. The fourth-order valence-electron chi connectivity index (χ4n) is 1.46. The third-order valence-electron chi connectivity index (χ3n) is 2.28. The zero-order valence-corrected chi connectivity index (χ0v) is 9.11. The average molecular weight is 216 g/mol. The molecule has 0 spiro atoms. The van der Waals surface area contributed by atoms with Gasteiger partial charge in [-0.15, -0.1) is 12.6 Å². The number of benzene rings is 2. The van der Waals surface area contributed by atoms with Crippen LogP contribution >= 0.6 is 12.6 Å². The lowest BCUT2D eigenvalue weighted by Gasteiger charge is -2.02. The van der Waals surface area contributed by atoms with E-state index in [1.807, 2.05) is 24.3 Å². The van der Waals surface area contributed by atoms with E-state index in [4.69, 9.17) is 5.11 Å². The Labute approximate surface area is 94.8 Å². The molecule has 2 aromatic rings. The normalized spacial score (nSPS) is 10.2. The third-order valence-corrected chi connectivity index (χ3v) is 2.58. The molecule has 0 heterocycles. The van der Waals surface area contributed by atoms with Gasteiger partial charge < -0.3 is 5.11 Å². The van der Waals surface area contributed by atoms with E-state index in [-0.39, 0.29) is 0 Å². The van der Waals surface area contributed by atoms with Crippen molar-refractivity contribution in [3.63, 3.8) is 0 Å². The first kappa shape index (κ1) is 10.1. The molecule has 2 rings (SSSR count). The van der Waals surface area contributed by atoms with Crippen molar-refractivity contribution >= 4 is 12.6 Å². The molecule has 0 radical (unpaired) electrons. The van der Waals surface area contributed by atoms with Gasteiger partial charge in [-0.1, -0.05) is 24.3 Å². The van der Waals surface area contributed by atoms with Crippen molar-refractivity contribution in [1.29, 1.82) is 0 Å². The predicted molar refractivity (Wildman–Crippen MR) is 64.6 cm³/mol. The molecule has 2 heteroatoms. The van der Waals surface area contributed by atoms with E-state index in [0.29, 0.717) is 5.75 Å². The minimum atomic E-state index is 0.310. The monoisotopic (exact) mass is 216 g/mol. The highest BCUT2D eigenvalue weighted by Crippen LogP contribution is 2.15. The molecule has 76 valence electrons. The molecule has 2 aromatic carbocycles. The average Bonchev–Trinajstić information content (AvgIpc) is 2.25. The SMILES string of the molecule is Oc1ccc(Cc2ccc(S)cc2)cc1. The molecule has 0 fully saturated rings. The lowest BCUT2D eigenvalue weighted by molar-refractivity contribution is 0.475. The molecule has 0 saturated heterocycles. The predicted octanol–water partition coefficient (Wildman–Crippen LogP) is 3.27. The van der Waals surface area contributed by atoms with Crippen LogP contribution < -0.4 is 0 Å². The maximum atomic E-state index is 9.15. The number of thiol groups is 1. The topological polar surface area (TPSA) is 20.2 Å². The number of aromatic hydroxyl groups is 1. The Balaban J connectivity index is 2.15. The summed E-state index contributed by atoms with van der Waals surface area (Å²) in [5, 5.41) is 9.15. The maximum absolute atomic E-state index is 9.15. The summed E-state index contributed by atoms with van der Waals surface area (Å²) < 4.78 is 0. The maximum Gasteiger partial charge on any atom is 0.115 e. The van der Waals surface area contributed by atoms with Crippen molar-refractivity contribution < 1.29 is 5.11 Å². The minimum Gasteiger partial charge on any atom is -0.508 e. The fraction of sp³-hybridized carbons (Fsp3) is 0.0769. The van der Waals surface area contributed by atoms with Crippen molar-refractivity contribution in [3.05, 3.63) is 59.7 Å². The number of rotatable bonds is 2. The van der Waals surface area contributed by atoms with Crippen LogP contribution in [0.1, 0.15) is 11.1 Å². The van der Waals surface area contributed by atoms with E-state index in [1.165, 1.54) is 11.1 Å². The lowest BCUT2D eigenvalue weighted by atomic mass is 10.1. The van der Waals surface area contributed by atoms with Crippen LogP contribution in [-0.4, -0.2) is 5.11 Å². The summed E-state index contributed by atoms with van der Waals surface area (Å²) in [6.07, 6.45) is 0.883. The van der Waals surface area contributed by atoms with Gasteiger partial charge in [0, 0.05) is 4.90 Å². The van der Waals surface area contributed by atoms with Crippen LogP contribution in [0, 0.1) is 0 Å². The van der Waals surface area contributed by atoms with Crippen LogP contribution in [0.2, 0.25) is 0 Å². The molecule has 0 saturated carbocycles. The molecule has 1 N–H and O–H groups in total. The third kappa shape index (κ3) is 2.77. The first-order chi connectivity index (χ1) is 7.24. The molecule has 1 nitrogen and oxygen atoms in total. The van der Waals surface area contributed by atoms with E-state index in [1.54, 1.807) is 12.1 Å². The van der Waals surface area contributed by atoms with Crippen molar-refractivity contribution in [1.82, 2.24) is 0 Å². The van der Waals surface area contributed by atoms with Gasteiger partial charge in [-0.2, -0.15) is 0 Å². The highest BCUT2D eigenvalue weighted by atomic mass is 32.1. The standard InChI is InChI=1S/C13H12OS/c14-12-5-1-10(2-6-12)9-11-3-7-13(15)8-4-11/h1-8,14-15H,9H2. The molecule has 0 aliphatic rings. The summed E-state index contributed by atoms with van der Waals surface area (Å²) in [6.45, 7) is 0. The number of hydrogen-bond donors (Lipinski definition) is 2. The van der Waals surface area contributed by atoms with Crippen LogP contribution in [0.25, 0.3) is 0 Å². The van der Waals surface area contributed by atoms with Crippen molar-refractivity contribution in [3.8, 4) is 5.75 Å². The summed E-state index contributed by atoms with van der Waals surface area (Å²) in [7, 11) is 0. The molecular weight excluding hydrogens is 204 g/mol. The van der Waals surface area contributed by atoms with Gasteiger partial charge in [0.1, 0.15) is 5.75 Å². The molecule has 0 unspecified atom stereocenters. The Bertz CT molecular complexity index is 388. The van der Waals surface area contributed by atoms with Crippen LogP contribution in [0.5, 0.6) is 5.75 Å². The largest absolute Gasteiger partial charge is 0.508 e. The molecule has 0 aromatic heterocycles. The second-order valence-electron chi connectivity index (χ2n) is 3.51. The van der Waals surface area contributed by atoms with Gasteiger partial charge in [0.2, 0.25) is 0 Å². The zero-order valence-electron chi connectivity index (χ0n) is 8.22. The summed E-state index contributed by atoms with van der Waals surface area (Å²) >= 11 is 4.24. The Morgan fingerprint density at radius 3 is 1.80 bits per heavy atom. The second kappa shape index (κ2) is 4.41. The van der Waals surface area contributed by atoms with Crippen molar-refractivity contribution in [2.24, 2.45) is 0 Å². The zero-order chi connectivity index (χ0) is 10.7. The first-order valence-corrected chi connectivity index (χ1v) is 5.24. The lowest BCUT2D eigenvalue weighted by Crippen LogP contribution is -1.86. The Kier molecular flexibility index (Phi) is 2.97. The van der Waals surface area contributed by atoms with Crippen molar-refractivity contribution in [2.45, 2.75) is 11.3 Å². The summed E-state index contributed by atoms with van der Waals surface area (Å²) in [5.74, 6) is 0.310.